The molecule has 4 nitrogen and oxygen atoms in total. The highest BCUT2D eigenvalue weighted by atomic mass is 35.5. The molecule has 1 aliphatic rings. The Kier molecular flexibility index (Phi) is 4.10. The van der Waals surface area contributed by atoms with Crippen molar-refractivity contribution >= 4 is 11.6 Å². The van der Waals surface area contributed by atoms with Crippen molar-refractivity contribution in [2.75, 3.05) is 34.0 Å². The molecule has 1 aromatic carbocycles. The highest BCUT2D eigenvalue weighted by Crippen LogP contribution is 2.39. The van der Waals surface area contributed by atoms with Gasteiger partial charge in [-0.15, -0.1) is 0 Å². The smallest absolute Gasteiger partial charge is 0.231 e. The molecule has 94 valence electrons. The number of likely N-dealkylation sites (N-methyl/N-ethyl adjacent to an activating group) is 1. The Morgan fingerprint density at radius 3 is 2.94 bits per heavy atom. The van der Waals surface area contributed by atoms with Crippen LogP contribution in [0.15, 0.2) is 12.1 Å². The summed E-state index contributed by atoms with van der Waals surface area (Å²) in [5.41, 5.74) is 1.11. The van der Waals surface area contributed by atoms with Crippen LogP contribution >= 0.6 is 11.6 Å². The maximum atomic E-state index is 6.10. The zero-order valence-corrected chi connectivity index (χ0v) is 10.9. The van der Waals surface area contributed by atoms with E-state index in [1.807, 2.05) is 12.1 Å². The fourth-order valence-corrected chi connectivity index (χ4v) is 1.95. The average molecular weight is 257 g/mol. The van der Waals surface area contributed by atoms with Gasteiger partial charge in [-0.3, -0.25) is 0 Å². The molecule has 0 aliphatic carbocycles. The van der Waals surface area contributed by atoms with Crippen LogP contribution in [0.3, 0.4) is 0 Å². The largest absolute Gasteiger partial charge is 0.454 e. The fourth-order valence-electron chi connectivity index (χ4n) is 1.66. The molecule has 0 spiro atoms. The van der Waals surface area contributed by atoms with Gasteiger partial charge < -0.3 is 19.7 Å². The van der Waals surface area contributed by atoms with Gasteiger partial charge in [0.1, 0.15) is 0 Å². The standard InChI is InChI=1S/C12H17ClN2O2/c1-15(2)4-3-14-7-9-5-10(13)12-11(6-9)16-8-17-12/h5-6,14H,3-4,7-8H2,1-2H3. The van der Waals surface area contributed by atoms with Crippen LogP contribution in [-0.2, 0) is 6.54 Å². The van der Waals surface area contributed by atoms with Crippen molar-refractivity contribution in [2.45, 2.75) is 6.54 Å². The number of hydrogen-bond donors (Lipinski definition) is 1. The summed E-state index contributed by atoms with van der Waals surface area (Å²) in [6.07, 6.45) is 0. The maximum Gasteiger partial charge on any atom is 0.231 e. The summed E-state index contributed by atoms with van der Waals surface area (Å²) < 4.78 is 10.6. The summed E-state index contributed by atoms with van der Waals surface area (Å²) in [5.74, 6) is 1.39. The molecule has 1 aliphatic heterocycles. The lowest BCUT2D eigenvalue weighted by molar-refractivity contribution is 0.174. The first kappa shape index (κ1) is 12.5. The summed E-state index contributed by atoms with van der Waals surface area (Å²) in [6, 6.07) is 3.88. The van der Waals surface area contributed by atoms with Crippen molar-refractivity contribution in [1.29, 1.82) is 0 Å². The molecule has 5 heteroatoms. The summed E-state index contributed by atoms with van der Waals surface area (Å²) in [6.45, 7) is 2.99. The second kappa shape index (κ2) is 5.58. The summed E-state index contributed by atoms with van der Waals surface area (Å²) >= 11 is 6.10. The molecule has 1 heterocycles. The van der Waals surface area contributed by atoms with Crippen LogP contribution in [0.25, 0.3) is 0 Å². The summed E-state index contributed by atoms with van der Waals surface area (Å²) in [5, 5.41) is 3.97. The van der Waals surface area contributed by atoms with Crippen molar-refractivity contribution in [3.63, 3.8) is 0 Å². The number of rotatable bonds is 5. The number of benzene rings is 1. The van der Waals surface area contributed by atoms with Gasteiger partial charge in [0.15, 0.2) is 11.5 Å². The third kappa shape index (κ3) is 3.25. The van der Waals surface area contributed by atoms with Crippen LogP contribution in [0.2, 0.25) is 5.02 Å². The molecule has 0 unspecified atom stereocenters. The van der Waals surface area contributed by atoms with Crippen LogP contribution in [0.1, 0.15) is 5.56 Å². The van der Waals surface area contributed by atoms with Gasteiger partial charge in [0, 0.05) is 19.6 Å². The predicted molar refractivity (Wildman–Crippen MR) is 67.8 cm³/mol. The van der Waals surface area contributed by atoms with E-state index in [9.17, 15) is 0 Å². The quantitative estimate of drug-likeness (QED) is 0.814. The van der Waals surface area contributed by atoms with Gasteiger partial charge in [-0.05, 0) is 31.8 Å². The first-order valence-electron chi connectivity index (χ1n) is 5.60. The highest BCUT2D eigenvalue weighted by Gasteiger charge is 2.17. The van der Waals surface area contributed by atoms with Crippen molar-refractivity contribution < 1.29 is 9.47 Å². The zero-order chi connectivity index (χ0) is 12.3. The molecule has 1 aromatic rings. The summed E-state index contributed by atoms with van der Waals surface area (Å²) in [4.78, 5) is 2.14. The second-order valence-electron chi connectivity index (χ2n) is 4.29. The second-order valence-corrected chi connectivity index (χ2v) is 4.70. The minimum Gasteiger partial charge on any atom is -0.454 e. The minimum atomic E-state index is 0.257. The normalized spacial score (nSPS) is 13.4. The Hall–Kier alpha value is -0.970. The Morgan fingerprint density at radius 2 is 2.18 bits per heavy atom. The Bertz CT molecular complexity index is 396. The lowest BCUT2D eigenvalue weighted by atomic mass is 10.2. The first-order valence-corrected chi connectivity index (χ1v) is 5.98. The third-order valence-corrected chi connectivity index (χ3v) is 2.83. The maximum absolute atomic E-state index is 6.10. The van der Waals surface area contributed by atoms with Gasteiger partial charge >= 0.3 is 0 Å². The predicted octanol–water partition coefficient (Wildman–Crippen LogP) is 1.72. The minimum absolute atomic E-state index is 0.257. The van der Waals surface area contributed by atoms with E-state index >= 15 is 0 Å². The summed E-state index contributed by atoms with van der Waals surface area (Å²) in [7, 11) is 4.11. The fraction of sp³-hybridized carbons (Fsp3) is 0.500. The highest BCUT2D eigenvalue weighted by molar-refractivity contribution is 6.32. The molecule has 1 N–H and O–H groups in total. The molecule has 0 saturated carbocycles. The van der Waals surface area contributed by atoms with Gasteiger partial charge in [-0.1, -0.05) is 11.6 Å². The van der Waals surface area contributed by atoms with Gasteiger partial charge in [-0.25, -0.2) is 0 Å². The Morgan fingerprint density at radius 1 is 1.35 bits per heavy atom. The van der Waals surface area contributed by atoms with Gasteiger partial charge in [0.25, 0.3) is 0 Å². The molecule has 0 fully saturated rings. The SMILES string of the molecule is CN(C)CCNCc1cc(Cl)c2c(c1)OCO2. The molecule has 0 radical (unpaired) electrons. The van der Waals surface area contributed by atoms with Gasteiger partial charge in [-0.2, -0.15) is 0 Å². The number of nitrogens with zero attached hydrogens (tertiary/aromatic N) is 1. The van der Waals surface area contributed by atoms with E-state index < -0.39 is 0 Å². The number of nitrogens with one attached hydrogen (secondary N) is 1. The molecule has 0 saturated heterocycles. The number of halogens is 1. The molecule has 0 bridgehead atoms. The van der Waals surface area contributed by atoms with E-state index in [4.69, 9.17) is 21.1 Å². The monoisotopic (exact) mass is 256 g/mol. The van der Waals surface area contributed by atoms with E-state index in [1.54, 1.807) is 0 Å². The molecule has 0 atom stereocenters. The van der Waals surface area contributed by atoms with E-state index in [2.05, 4.69) is 24.3 Å². The number of fused-ring (bicyclic) bond motifs is 1. The van der Waals surface area contributed by atoms with Gasteiger partial charge in [0.2, 0.25) is 6.79 Å². The number of ether oxygens (including phenoxy) is 2. The molecule has 17 heavy (non-hydrogen) atoms. The van der Waals surface area contributed by atoms with E-state index in [1.165, 1.54) is 0 Å². The number of hydrogen-bond acceptors (Lipinski definition) is 4. The zero-order valence-electron chi connectivity index (χ0n) is 10.1. The van der Waals surface area contributed by atoms with Crippen molar-refractivity contribution in [2.24, 2.45) is 0 Å². The lowest BCUT2D eigenvalue weighted by Gasteiger charge is -2.11. The lowest BCUT2D eigenvalue weighted by Crippen LogP contribution is -2.26. The average Bonchev–Trinajstić information content (AvgIpc) is 2.72. The topological polar surface area (TPSA) is 33.7 Å². The Balaban J connectivity index is 1.91. The van der Waals surface area contributed by atoms with Crippen molar-refractivity contribution in [3.8, 4) is 11.5 Å². The van der Waals surface area contributed by atoms with Crippen LogP contribution < -0.4 is 14.8 Å². The van der Waals surface area contributed by atoms with Crippen molar-refractivity contribution in [1.82, 2.24) is 10.2 Å². The van der Waals surface area contributed by atoms with E-state index in [-0.39, 0.29) is 6.79 Å². The molecular formula is C12H17ClN2O2. The van der Waals surface area contributed by atoms with Crippen LogP contribution in [0.5, 0.6) is 11.5 Å². The third-order valence-electron chi connectivity index (χ3n) is 2.55. The molecular weight excluding hydrogens is 240 g/mol. The van der Waals surface area contributed by atoms with E-state index in [0.29, 0.717) is 10.8 Å². The van der Waals surface area contributed by atoms with Crippen molar-refractivity contribution in [3.05, 3.63) is 22.7 Å². The Labute approximate surface area is 106 Å². The van der Waals surface area contributed by atoms with Crippen LogP contribution in [0, 0.1) is 0 Å². The molecule has 0 aromatic heterocycles. The van der Waals surface area contributed by atoms with Crippen LogP contribution in [-0.4, -0.2) is 38.9 Å². The molecule has 0 amide bonds. The first-order chi connectivity index (χ1) is 8.16. The molecule has 2 rings (SSSR count). The van der Waals surface area contributed by atoms with E-state index in [0.717, 1.165) is 30.9 Å². The van der Waals surface area contributed by atoms with Crippen LogP contribution in [0.4, 0.5) is 0 Å². The van der Waals surface area contributed by atoms with Gasteiger partial charge in [0.05, 0.1) is 5.02 Å².